The van der Waals surface area contributed by atoms with Gasteiger partial charge in [-0.15, -0.1) is 5.06 Å². The third-order valence-electron chi connectivity index (χ3n) is 2.66. The normalized spacial score (nSPS) is 18.4. The molecule has 1 fully saturated rings. The molecule has 1 saturated heterocycles. The van der Waals surface area contributed by atoms with Crippen LogP contribution in [0.2, 0.25) is 0 Å². The number of halogens is 3. The fourth-order valence-electron chi connectivity index (χ4n) is 1.66. The van der Waals surface area contributed by atoms with Gasteiger partial charge >= 0.3 is 12.1 Å². The van der Waals surface area contributed by atoms with Gasteiger partial charge in [-0.1, -0.05) is 0 Å². The lowest BCUT2D eigenvalue weighted by Gasteiger charge is -2.30. The number of amides is 1. The van der Waals surface area contributed by atoms with Gasteiger partial charge in [-0.3, -0.25) is 4.79 Å². The van der Waals surface area contributed by atoms with Crippen LogP contribution in [0.5, 0.6) is 0 Å². The van der Waals surface area contributed by atoms with E-state index in [0.29, 0.717) is 19.4 Å². The quantitative estimate of drug-likeness (QED) is 0.824. The molecule has 104 valence electrons. The molecule has 0 unspecified atom stereocenters. The van der Waals surface area contributed by atoms with Crippen LogP contribution in [0.25, 0.3) is 0 Å². The van der Waals surface area contributed by atoms with E-state index in [1.807, 2.05) is 0 Å². The van der Waals surface area contributed by atoms with Crippen molar-refractivity contribution in [1.29, 1.82) is 0 Å². The summed E-state index contributed by atoms with van der Waals surface area (Å²) in [6.45, 7) is 2.38. The predicted molar refractivity (Wildman–Crippen MR) is 55.1 cm³/mol. The summed E-state index contributed by atoms with van der Waals surface area (Å²) in [7, 11) is 0. The minimum absolute atomic E-state index is 0.138. The summed E-state index contributed by atoms with van der Waals surface area (Å²) < 4.78 is 35.8. The van der Waals surface area contributed by atoms with Crippen molar-refractivity contribution in [2.75, 3.05) is 19.6 Å². The Bertz CT molecular complexity index is 312. The second-order valence-electron chi connectivity index (χ2n) is 4.19. The Labute approximate surface area is 102 Å². The van der Waals surface area contributed by atoms with E-state index in [4.69, 9.17) is 0 Å². The van der Waals surface area contributed by atoms with Crippen molar-refractivity contribution in [3.63, 3.8) is 0 Å². The first-order valence-corrected chi connectivity index (χ1v) is 5.57. The zero-order valence-corrected chi connectivity index (χ0v) is 9.92. The van der Waals surface area contributed by atoms with Crippen LogP contribution >= 0.6 is 0 Å². The average molecular weight is 268 g/mol. The number of hydrogen-bond acceptors (Lipinski definition) is 4. The predicted octanol–water partition coefficient (Wildman–Crippen LogP) is 0.855. The number of piperidine rings is 1. The monoisotopic (exact) mass is 268 g/mol. The van der Waals surface area contributed by atoms with Gasteiger partial charge in [-0.25, -0.2) is 4.79 Å². The molecule has 0 aromatic rings. The second kappa shape index (κ2) is 6.03. The molecule has 1 N–H and O–H groups in total. The molecule has 1 heterocycles. The number of carbonyl (C=O) groups excluding carboxylic acids is 2. The number of carbonyl (C=O) groups is 2. The van der Waals surface area contributed by atoms with Crippen molar-refractivity contribution in [2.45, 2.75) is 25.9 Å². The first kappa shape index (κ1) is 14.7. The van der Waals surface area contributed by atoms with Gasteiger partial charge < -0.3 is 10.2 Å². The smallest absolute Gasteiger partial charge is 0.361 e. The lowest BCUT2D eigenvalue weighted by atomic mass is 9.98. The molecule has 0 radical (unpaired) electrons. The lowest BCUT2D eigenvalue weighted by Crippen LogP contribution is -2.41. The first-order chi connectivity index (χ1) is 8.29. The van der Waals surface area contributed by atoms with Gasteiger partial charge in [0.15, 0.2) is 0 Å². The Hall–Kier alpha value is -1.31. The summed E-state index contributed by atoms with van der Waals surface area (Å²) in [6, 6.07) is 0. The molecule has 0 aliphatic carbocycles. The minimum Gasteiger partial charge on any atom is -0.361 e. The van der Waals surface area contributed by atoms with Crippen molar-refractivity contribution in [1.82, 2.24) is 10.4 Å². The van der Waals surface area contributed by atoms with Crippen LogP contribution in [0.1, 0.15) is 19.8 Å². The van der Waals surface area contributed by atoms with Crippen molar-refractivity contribution >= 4 is 11.9 Å². The van der Waals surface area contributed by atoms with Gasteiger partial charge in [0.05, 0.1) is 0 Å². The minimum atomic E-state index is -4.97. The summed E-state index contributed by atoms with van der Waals surface area (Å²) in [6.07, 6.45) is -3.82. The first-order valence-electron chi connectivity index (χ1n) is 5.57. The molecule has 0 aromatic heterocycles. The SMILES string of the molecule is CC(=O)NCC1CCN(OC(=O)C(F)(F)F)CC1. The number of rotatable bonds is 3. The summed E-state index contributed by atoms with van der Waals surface area (Å²) in [5.74, 6) is -2.13. The molecular weight excluding hydrogens is 253 g/mol. The standard InChI is InChI=1S/C10H15F3N2O3/c1-7(16)14-6-8-2-4-15(5-3-8)18-9(17)10(11,12)13/h8H,2-6H2,1H3,(H,14,16). The highest BCUT2D eigenvalue weighted by molar-refractivity contribution is 5.75. The largest absolute Gasteiger partial charge is 0.492 e. The molecular formula is C10H15F3N2O3. The van der Waals surface area contributed by atoms with Crippen LogP contribution in [0.4, 0.5) is 13.2 Å². The molecule has 1 amide bonds. The summed E-state index contributed by atoms with van der Waals surface area (Å²) in [5.41, 5.74) is 0. The van der Waals surface area contributed by atoms with Crippen LogP contribution in [-0.2, 0) is 14.4 Å². The van der Waals surface area contributed by atoms with E-state index in [1.165, 1.54) is 6.92 Å². The van der Waals surface area contributed by atoms with E-state index in [-0.39, 0.29) is 24.9 Å². The Balaban J connectivity index is 2.27. The van der Waals surface area contributed by atoms with E-state index in [2.05, 4.69) is 10.2 Å². The summed E-state index contributed by atoms with van der Waals surface area (Å²) in [5, 5.41) is 3.66. The molecule has 0 atom stereocenters. The highest BCUT2D eigenvalue weighted by atomic mass is 19.4. The number of nitrogens with one attached hydrogen (secondary N) is 1. The molecule has 0 aromatic carbocycles. The zero-order chi connectivity index (χ0) is 13.8. The third kappa shape index (κ3) is 4.91. The van der Waals surface area contributed by atoms with Crippen molar-refractivity contribution in [3.05, 3.63) is 0 Å². The van der Waals surface area contributed by atoms with Gasteiger partial charge in [0.1, 0.15) is 0 Å². The Kier molecular flexibility index (Phi) is 4.94. The van der Waals surface area contributed by atoms with Gasteiger partial charge in [-0.2, -0.15) is 13.2 Å². The fraction of sp³-hybridized carbons (Fsp3) is 0.800. The maximum atomic E-state index is 11.9. The van der Waals surface area contributed by atoms with E-state index >= 15 is 0 Å². The number of hydroxylamine groups is 2. The number of hydrogen-bond donors (Lipinski definition) is 1. The number of nitrogens with zero attached hydrogens (tertiary/aromatic N) is 1. The highest BCUT2D eigenvalue weighted by Crippen LogP contribution is 2.21. The van der Waals surface area contributed by atoms with E-state index in [0.717, 1.165) is 5.06 Å². The highest BCUT2D eigenvalue weighted by Gasteiger charge is 2.42. The molecule has 0 spiro atoms. The van der Waals surface area contributed by atoms with Crippen LogP contribution in [0.15, 0.2) is 0 Å². The summed E-state index contributed by atoms with van der Waals surface area (Å²) in [4.78, 5) is 25.5. The van der Waals surface area contributed by atoms with E-state index in [9.17, 15) is 22.8 Å². The molecule has 8 heteroatoms. The Morgan fingerprint density at radius 3 is 2.33 bits per heavy atom. The third-order valence-corrected chi connectivity index (χ3v) is 2.66. The fourth-order valence-corrected chi connectivity index (χ4v) is 1.66. The van der Waals surface area contributed by atoms with Crippen molar-refractivity contribution < 1.29 is 27.6 Å². The molecule has 1 aliphatic heterocycles. The van der Waals surface area contributed by atoms with Gasteiger partial charge in [0, 0.05) is 26.6 Å². The molecule has 1 rings (SSSR count). The Morgan fingerprint density at radius 1 is 1.33 bits per heavy atom. The lowest BCUT2D eigenvalue weighted by molar-refractivity contribution is -0.242. The maximum Gasteiger partial charge on any atom is 0.492 e. The van der Waals surface area contributed by atoms with Crippen molar-refractivity contribution in [3.8, 4) is 0 Å². The van der Waals surface area contributed by atoms with Crippen molar-refractivity contribution in [2.24, 2.45) is 5.92 Å². The van der Waals surface area contributed by atoms with Crippen LogP contribution < -0.4 is 5.32 Å². The molecule has 18 heavy (non-hydrogen) atoms. The molecule has 5 nitrogen and oxygen atoms in total. The number of alkyl halides is 3. The van der Waals surface area contributed by atoms with Crippen LogP contribution in [0, 0.1) is 5.92 Å². The molecule has 0 saturated carbocycles. The van der Waals surface area contributed by atoms with Gasteiger partial charge in [0.25, 0.3) is 0 Å². The van der Waals surface area contributed by atoms with Crippen LogP contribution in [0.3, 0.4) is 0 Å². The second-order valence-corrected chi connectivity index (χ2v) is 4.19. The van der Waals surface area contributed by atoms with Crippen LogP contribution in [-0.4, -0.2) is 42.8 Å². The van der Waals surface area contributed by atoms with Gasteiger partial charge in [0.2, 0.25) is 5.91 Å². The zero-order valence-electron chi connectivity index (χ0n) is 9.92. The topological polar surface area (TPSA) is 58.6 Å². The molecule has 0 bridgehead atoms. The molecule has 1 aliphatic rings. The summed E-state index contributed by atoms with van der Waals surface area (Å²) >= 11 is 0. The average Bonchev–Trinajstić information content (AvgIpc) is 2.26. The van der Waals surface area contributed by atoms with E-state index in [1.54, 1.807) is 0 Å². The van der Waals surface area contributed by atoms with Gasteiger partial charge in [-0.05, 0) is 18.8 Å². The Morgan fingerprint density at radius 2 is 1.89 bits per heavy atom. The van der Waals surface area contributed by atoms with E-state index < -0.39 is 12.1 Å². The maximum absolute atomic E-state index is 11.9.